The van der Waals surface area contributed by atoms with Crippen molar-refractivity contribution in [2.45, 2.75) is 38.3 Å². The van der Waals surface area contributed by atoms with Crippen LogP contribution >= 0.6 is 0 Å². The van der Waals surface area contributed by atoms with Gasteiger partial charge in [-0.15, -0.1) is 0 Å². The summed E-state index contributed by atoms with van der Waals surface area (Å²) in [4.78, 5) is 37.8. The second-order valence-corrected chi connectivity index (χ2v) is 5.93. The van der Waals surface area contributed by atoms with Gasteiger partial charge in [0, 0.05) is 24.6 Å². The fraction of sp³-hybridized carbons (Fsp3) is 0.500. The highest BCUT2D eigenvalue weighted by Crippen LogP contribution is 2.21. The summed E-state index contributed by atoms with van der Waals surface area (Å²) in [7, 11) is 1.28. The number of carbonyl (C=O) groups excluding carboxylic acids is 3. The first kappa shape index (κ1) is 18.8. The third kappa shape index (κ3) is 4.95. The normalized spacial score (nSPS) is 19.4. The summed E-state index contributed by atoms with van der Waals surface area (Å²) in [6.45, 7) is 2.51. The molecule has 1 aromatic rings. The number of amides is 2. The molecule has 0 radical (unpaired) electrons. The van der Waals surface area contributed by atoms with Crippen molar-refractivity contribution in [3.8, 4) is 0 Å². The monoisotopic (exact) mass is 348 g/mol. The molecular weight excluding hydrogens is 324 g/mol. The van der Waals surface area contributed by atoms with Crippen LogP contribution in [0.3, 0.4) is 0 Å². The topological polar surface area (TPSA) is 84.9 Å². The molecule has 0 bridgehead atoms. The predicted octanol–water partition coefficient (Wildman–Crippen LogP) is 1.97. The van der Waals surface area contributed by atoms with Crippen LogP contribution in [-0.2, 0) is 14.3 Å². The van der Waals surface area contributed by atoms with Gasteiger partial charge >= 0.3 is 12.1 Å². The van der Waals surface area contributed by atoms with Crippen molar-refractivity contribution in [1.29, 1.82) is 0 Å². The molecule has 2 amide bonds. The fourth-order valence-corrected chi connectivity index (χ4v) is 2.75. The number of benzene rings is 1. The predicted molar refractivity (Wildman–Crippen MR) is 91.1 cm³/mol. The number of rotatable bonds is 6. The largest absolute Gasteiger partial charge is 0.467 e. The summed E-state index contributed by atoms with van der Waals surface area (Å²) in [5, 5.41) is 2.86. The van der Waals surface area contributed by atoms with Crippen LogP contribution < -0.4 is 5.32 Å². The van der Waals surface area contributed by atoms with Crippen LogP contribution in [0.15, 0.2) is 30.3 Å². The van der Waals surface area contributed by atoms with E-state index >= 15 is 0 Å². The third-order valence-electron chi connectivity index (χ3n) is 4.10. The van der Waals surface area contributed by atoms with Crippen LogP contribution in [0.4, 0.5) is 4.79 Å². The number of nitrogens with one attached hydrogen (secondary N) is 1. The standard InChI is InChI=1S/C18H24N2O5/c1-3-4-10-25-18(23)20-12-14(11-15(20)17(22)24-2)19-16(21)13-8-6-5-7-9-13/h5-9,14-15H,3-4,10-12H2,1-2H3,(H,19,21)/t14-,15+/m1/s1. The Balaban J connectivity index is 2.01. The lowest BCUT2D eigenvalue weighted by Crippen LogP contribution is -2.42. The van der Waals surface area contributed by atoms with Crippen molar-refractivity contribution in [3.05, 3.63) is 35.9 Å². The van der Waals surface area contributed by atoms with E-state index in [-0.39, 0.29) is 18.5 Å². The first-order chi connectivity index (χ1) is 12.1. The Labute approximate surface area is 147 Å². The molecule has 1 saturated heterocycles. The molecule has 0 unspecified atom stereocenters. The third-order valence-corrected chi connectivity index (χ3v) is 4.10. The van der Waals surface area contributed by atoms with Gasteiger partial charge in [0.2, 0.25) is 0 Å². The average molecular weight is 348 g/mol. The Morgan fingerprint density at radius 3 is 2.60 bits per heavy atom. The van der Waals surface area contributed by atoms with Crippen molar-refractivity contribution < 1.29 is 23.9 Å². The number of ether oxygens (including phenoxy) is 2. The minimum absolute atomic E-state index is 0.212. The highest BCUT2D eigenvalue weighted by molar-refractivity contribution is 5.94. The van der Waals surface area contributed by atoms with Crippen LogP contribution in [0.25, 0.3) is 0 Å². The Kier molecular flexibility index (Phi) is 6.80. The first-order valence-electron chi connectivity index (χ1n) is 8.44. The van der Waals surface area contributed by atoms with Gasteiger partial charge in [-0.25, -0.2) is 9.59 Å². The Morgan fingerprint density at radius 1 is 1.24 bits per heavy atom. The molecule has 7 nitrogen and oxygen atoms in total. The molecule has 1 fully saturated rings. The number of carbonyl (C=O) groups is 3. The minimum atomic E-state index is -0.750. The zero-order chi connectivity index (χ0) is 18.2. The lowest BCUT2D eigenvalue weighted by atomic mass is 10.1. The van der Waals surface area contributed by atoms with E-state index in [2.05, 4.69) is 5.32 Å². The Hall–Kier alpha value is -2.57. The van der Waals surface area contributed by atoms with Gasteiger partial charge in [-0.05, 0) is 18.6 Å². The second kappa shape index (κ2) is 9.05. The van der Waals surface area contributed by atoms with Crippen LogP contribution in [-0.4, -0.2) is 55.2 Å². The zero-order valence-electron chi connectivity index (χ0n) is 14.6. The highest BCUT2D eigenvalue weighted by atomic mass is 16.6. The van der Waals surface area contributed by atoms with Gasteiger partial charge in [0.1, 0.15) is 6.04 Å². The number of unbranched alkanes of at least 4 members (excludes halogenated alkanes) is 1. The van der Waals surface area contributed by atoms with Gasteiger partial charge in [-0.1, -0.05) is 31.5 Å². The summed E-state index contributed by atoms with van der Waals surface area (Å²) >= 11 is 0. The molecule has 1 N–H and O–H groups in total. The number of nitrogens with zero attached hydrogens (tertiary/aromatic N) is 1. The van der Waals surface area contributed by atoms with Gasteiger partial charge in [-0.2, -0.15) is 0 Å². The number of hydrogen-bond acceptors (Lipinski definition) is 5. The summed E-state index contributed by atoms with van der Waals surface area (Å²) in [5.41, 5.74) is 0.529. The summed E-state index contributed by atoms with van der Waals surface area (Å²) in [6.07, 6.45) is 1.41. The molecule has 1 aliphatic heterocycles. The van der Waals surface area contributed by atoms with Crippen LogP contribution in [0.5, 0.6) is 0 Å². The van der Waals surface area contributed by atoms with E-state index in [1.54, 1.807) is 24.3 Å². The van der Waals surface area contributed by atoms with Crippen molar-refractivity contribution in [2.75, 3.05) is 20.3 Å². The van der Waals surface area contributed by atoms with E-state index in [9.17, 15) is 14.4 Å². The van der Waals surface area contributed by atoms with Crippen molar-refractivity contribution >= 4 is 18.0 Å². The molecule has 0 aliphatic carbocycles. The minimum Gasteiger partial charge on any atom is -0.467 e. The van der Waals surface area contributed by atoms with Gasteiger partial charge in [0.25, 0.3) is 5.91 Å². The lowest BCUT2D eigenvalue weighted by Gasteiger charge is -2.21. The molecule has 2 atom stereocenters. The average Bonchev–Trinajstić information content (AvgIpc) is 3.05. The Bertz CT molecular complexity index is 605. The Morgan fingerprint density at radius 2 is 1.96 bits per heavy atom. The molecule has 136 valence electrons. The molecule has 7 heteroatoms. The quantitative estimate of drug-likeness (QED) is 0.627. The maximum absolute atomic E-state index is 12.3. The van der Waals surface area contributed by atoms with Gasteiger partial charge in [-0.3, -0.25) is 9.69 Å². The van der Waals surface area contributed by atoms with Crippen LogP contribution in [0.2, 0.25) is 0 Å². The number of likely N-dealkylation sites (tertiary alicyclic amines) is 1. The van der Waals surface area contributed by atoms with Crippen LogP contribution in [0.1, 0.15) is 36.5 Å². The first-order valence-corrected chi connectivity index (χ1v) is 8.44. The highest BCUT2D eigenvalue weighted by Gasteiger charge is 2.41. The molecule has 2 rings (SSSR count). The van der Waals surface area contributed by atoms with E-state index in [1.165, 1.54) is 12.0 Å². The smallest absolute Gasteiger partial charge is 0.410 e. The summed E-state index contributed by atoms with van der Waals surface area (Å²) in [5.74, 6) is -0.751. The van der Waals surface area contributed by atoms with E-state index in [4.69, 9.17) is 9.47 Å². The number of esters is 1. The molecule has 0 aromatic heterocycles. The van der Waals surface area contributed by atoms with Crippen molar-refractivity contribution in [2.24, 2.45) is 0 Å². The van der Waals surface area contributed by atoms with E-state index in [1.807, 2.05) is 13.0 Å². The SMILES string of the molecule is CCCCOC(=O)N1C[C@H](NC(=O)c2ccccc2)C[C@H]1C(=O)OC. The maximum Gasteiger partial charge on any atom is 0.410 e. The van der Waals surface area contributed by atoms with Gasteiger partial charge < -0.3 is 14.8 Å². The van der Waals surface area contributed by atoms with E-state index in [0.717, 1.165) is 12.8 Å². The van der Waals surface area contributed by atoms with E-state index in [0.29, 0.717) is 18.6 Å². The number of methoxy groups -OCH3 is 1. The molecule has 25 heavy (non-hydrogen) atoms. The molecule has 1 heterocycles. The van der Waals surface area contributed by atoms with Crippen molar-refractivity contribution in [1.82, 2.24) is 10.2 Å². The molecule has 1 aromatic carbocycles. The molecule has 0 saturated carbocycles. The van der Waals surface area contributed by atoms with E-state index < -0.39 is 18.1 Å². The maximum atomic E-state index is 12.3. The van der Waals surface area contributed by atoms with Crippen molar-refractivity contribution in [3.63, 3.8) is 0 Å². The summed E-state index contributed by atoms with van der Waals surface area (Å²) < 4.78 is 9.97. The molecular formula is C18H24N2O5. The number of hydrogen-bond donors (Lipinski definition) is 1. The second-order valence-electron chi connectivity index (χ2n) is 5.93. The van der Waals surface area contributed by atoms with Gasteiger partial charge in [0.05, 0.1) is 13.7 Å². The summed E-state index contributed by atoms with van der Waals surface area (Å²) in [6, 6.07) is 7.71. The fourth-order valence-electron chi connectivity index (χ4n) is 2.75. The van der Waals surface area contributed by atoms with Crippen LogP contribution in [0, 0.1) is 0 Å². The lowest BCUT2D eigenvalue weighted by molar-refractivity contribution is -0.145. The molecule has 0 spiro atoms. The zero-order valence-corrected chi connectivity index (χ0v) is 14.6. The molecule has 1 aliphatic rings. The van der Waals surface area contributed by atoms with Gasteiger partial charge in [0.15, 0.2) is 0 Å².